The molecule has 1 aliphatic rings. The molecule has 0 spiro atoms. The Hall–Kier alpha value is -3.00. The number of methoxy groups -OCH3 is 1. The molecule has 0 bridgehead atoms. The highest BCUT2D eigenvalue weighted by molar-refractivity contribution is 6.03. The monoisotopic (exact) mass is 355 g/mol. The van der Waals surface area contributed by atoms with E-state index in [0.717, 1.165) is 32.0 Å². The lowest BCUT2D eigenvalue weighted by atomic mass is 10.2. The highest BCUT2D eigenvalue weighted by Crippen LogP contribution is 2.14. The number of ether oxygens (including phenoxy) is 1. The number of nitrogens with zero attached hydrogens (tertiary/aromatic N) is 4. The van der Waals surface area contributed by atoms with Gasteiger partial charge in [-0.25, -0.2) is 4.79 Å². The zero-order chi connectivity index (χ0) is 18.5. The zero-order valence-electron chi connectivity index (χ0n) is 14.8. The number of rotatable bonds is 4. The summed E-state index contributed by atoms with van der Waals surface area (Å²) in [6, 6.07) is 9.92. The molecule has 0 radical (unpaired) electrons. The van der Waals surface area contributed by atoms with Gasteiger partial charge < -0.3 is 19.9 Å². The number of hydrogen-bond donors (Lipinski definition) is 1. The maximum atomic E-state index is 12.3. The Kier molecular flexibility index (Phi) is 5.43. The molecule has 1 aromatic heterocycles. The Morgan fingerprint density at radius 2 is 1.69 bits per heavy atom. The zero-order valence-corrected chi connectivity index (χ0v) is 14.8. The van der Waals surface area contributed by atoms with Crippen molar-refractivity contribution in [1.82, 2.24) is 15.1 Å². The first-order valence-electron chi connectivity index (χ1n) is 8.34. The van der Waals surface area contributed by atoms with Crippen LogP contribution in [0.3, 0.4) is 0 Å². The van der Waals surface area contributed by atoms with Gasteiger partial charge in [0.1, 0.15) is 0 Å². The molecule has 1 aliphatic heterocycles. The molecule has 0 atom stereocenters. The van der Waals surface area contributed by atoms with Gasteiger partial charge in [0.15, 0.2) is 11.5 Å². The minimum Gasteiger partial charge on any atom is -0.465 e. The Morgan fingerprint density at radius 1 is 1.00 bits per heavy atom. The van der Waals surface area contributed by atoms with Gasteiger partial charge in [0.2, 0.25) is 0 Å². The van der Waals surface area contributed by atoms with E-state index >= 15 is 0 Å². The maximum Gasteiger partial charge on any atom is 0.337 e. The first-order valence-corrected chi connectivity index (χ1v) is 8.34. The van der Waals surface area contributed by atoms with Gasteiger partial charge >= 0.3 is 5.97 Å². The van der Waals surface area contributed by atoms with Gasteiger partial charge in [0.25, 0.3) is 5.91 Å². The molecule has 8 nitrogen and oxygen atoms in total. The van der Waals surface area contributed by atoms with Gasteiger partial charge in [-0.3, -0.25) is 4.79 Å². The number of benzene rings is 1. The fourth-order valence-electron chi connectivity index (χ4n) is 2.65. The Labute approximate surface area is 151 Å². The number of piperazine rings is 1. The number of likely N-dealkylation sites (N-methyl/N-ethyl adjacent to an activating group) is 1. The third-order valence-corrected chi connectivity index (χ3v) is 4.27. The van der Waals surface area contributed by atoms with Crippen LogP contribution in [-0.4, -0.2) is 67.3 Å². The van der Waals surface area contributed by atoms with Crippen molar-refractivity contribution >= 4 is 23.4 Å². The number of carbonyl (C=O) groups excluding carboxylic acids is 2. The van der Waals surface area contributed by atoms with Gasteiger partial charge in [-0.05, 0) is 43.4 Å². The van der Waals surface area contributed by atoms with Crippen LogP contribution in [-0.2, 0) is 4.74 Å². The molecule has 0 aliphatic carbocycles. The quantitative estimate of drug-likeness (QED) is 0.826. The number of esters is 1. The fourth-order valence-corrected chi connectivity index (χ4v) is 2.65. The Balaban J connectivity index is 1.62. The van der Waals surface area contributed by atoms with E-state index in [2.05, 4.69) is 37.1 Å². The molecule has 1 amide bonds. The molecule has 1 fully saturated rings. The smallest absolute Gasteiger partial charge is 0.337 e. The molecule has 1 aromatic carbocycles. The summed E-state index contributed by atoms with van der Waals surface area (Å²) in [5, 5.41) is 10.9. The molecule has 136 valence electrons. The number of aromatic nitrogens is 2. The third kappa shape index (κ3) is 4.15. The van der Waals surface area contributed by atoms with Crippen LogP contribution < -0.4 is 10.2 Å². The van der Waals surface area contributed by atoms with Crippen molar-refractivity contribution < 1.29 is 14.3 Å². The summed E-state index contributed by atoms with van der Waals surface area (Å²) in [6.45, 7) is 3.74. The molecule has 3 rings (SSSR count). The van der Waals surface area contributed by atoms with E-state index < -0.39 is 5.97 Å². The van der Waals surface area contributed by atoms with Crippen molar-refractivity contribution in [3.63, 3.8) is 0 Å². The van der Waals surface area contributed by atoms with Crippen LogP contribution in [0.1, 0.15) is 20.8 Å². The highest BCUT2D eigenvalue weighted by Gasteiger charge is 2.16. The van der Waals surface area contributed by atoms with E-state index in [1.54, 1.807) is 30.3 Å². The van der Waals surface area contributed by atoms with Crippen LogP contribution in [0, 0.1) is 0 Å². The van der Waals surface area contributed by atoms with Crippen LogP contribution >= 0.6 is 0 Å². The number of anilines is 2. The van der Waals surface area contributed by atoms with Crippen LogP contribution in [0.4, 0.5) is 11.5 Å². The van der Waals surface area contributed by atoms with Crippen LogP contribution in [0.2, 0.25) is 0 Å². The van der Waals surface area contributed by atoms with Crippen molar-refractivity contribution in [2.45, 2.75) is 0 Å². The first kappa shape index (κ1) is 17.8. The number of nitrogens with one attached hydrogen (secondary N) is 1. The maximum absolute atomic E-state index is 12.3. The molecule has 8 heteroatoms. The number of hydrogen-bond acceptors (Lipinski definition) is 7. The molecule has 0 unspecified atom stereocenters. The summed E-state index contributed by atoms with van der Waals surface area (Å²) in [5.74, 6) is -0.00133. The fraction of sp³-hybridized carbons (Fsp3) is 0.333. The number of carbonyl (C=O) groups is 2. The van der Waals surface area contributed by atoms with Gasteiger partial charge in [-0.2, -0.15) is 0 Å². The van der Waals surface area contributed by atoms with Gasteiger partial charge in [0, 0.05) is 31.9 Å². The summed E-state index contributed by atoms with van der Waals surface area (Å²) in [6.07, 6.45) is 0. The topological polar surface area (TPSA) is 87.7 Å². The van der Waals surface area contributed by atoms with Gasteiger partial charge in [-0.1, -0.05) is 0 Å². The largest absolute Gasteiger partial charge is 0.465 e. The lowest BCUT2D eigenvalue weighted by Crippen LogP contribution is -2.44. The van der Waals surface area contributed by atoms with Crippen LogP contribution in [0.25, 0.3) is 0 Å². The standard InChI is InChI=1S/C18H21N5O3/c1-22-9-11-23(12-10-22)16-8-7-15(20-21-16)17(24)19-14-5-3-13(4-6-14)18(25)26-2/h3-8H,9-12H2,1-2H3,(H,19,24). The summed E-state index contributed by atoms with van der Waals surface area (Å²) in [5.41, 5.74) is 1.22. The number of amides is 1. The Morgan fingerprint density at radius 3 is 2.27 bits per heavy atom. The lowest BCUT2D eigenvalue weighted by molar-refractivity contribution is 0.0600. The van der Waals surface area contributed by atoms with Crippen LogP contribution in [0.5, 0.6) is 0 Å². The average molecular weight is 355 g/mol. The molecule has 2 heterocycles. The predicted octanol–water partition coefficient (Wildman–Crippen LogP) is 1.27. The molecule has 0 saturated carbocycles. The van der Waals surface area contributed by atoms with Crippen molar-refractivity contribution in [2.24, 2.45) is 0 Å². The van der Waals surface area contributed by atoms with Crippen molar-refractivity contribution in [3.05, 3.63) is 47.7 Å². The van der Waals surface area contributed by atoms with Gasteiger partial charge in [0.05, 0.1) is 12.7 Å². The molecule has 2 aromatic rings. The average Bonchev–Trinajstić information content (AvgIpc) is 2.68. The molecular formula is C18H21N5O3. The third-order valence-electron chi connectivity index (χ3n) is 4.27. The highest BCUT2D eigenvalue weighted by atomic mass is 16.5. The first-order chi connectivity index (χ1) is 12.6. The van der Waals surface area contributed by atoms with E-state index in [-0.39, 0.29) is 11.6 Å². The van der Waals surface area contributed by atoms with E-state index in [1.807, 2.05) is 6.07 Å². The summed E-state index contributed by atoms with van der Waals surface area (Å²) in [7, 11) is 3.41. The molecule has 1 N–H and O–H groups in total. The molecule has 26 heavy (non-hydrogen) atoms. The van der Waals surface area contributed by atoms with Gasteiger partial charge in [-0.15, -0.1) is 10.2 Å². The lowest BCUT2D eigenvalue weighted by Gasteiger charge is -2.32. The minimum absolute atomic E-state index is 0.236. The normalized spacial score (nSPS) is 14.8. The van der Waals surface area contributed by atoms with Crippen molar-refractivity contribution in [1.29, 1.82) is 0 Å². The second kappa shape index (κ2) is 7.92. The van der Waals surface area contributed by atoms with E-state index in [4.69, 9.17) is 0 Å². The second-order valence-electron chi connectivity index (χ2n) is 6.09. The van der Waals surface area contributed by atoms with Crippen LogP contribution in [0.15, 0.2) is 36.4 Å². The molecule has 1 saturated heterocycles. The molecular weight excluding hydrogens is 334 g/mol. The second-order valence-corrected chi connectivity index (χ2v) is 6.09. The van der Waals surface area contributed by atoms with E-state index in [9.17, 15) is 9.59 Å². The van der Waals surface area contributed by atoms with E-state index in [1.165, 1.54) is 7.11 Å². The Bertz CT molecular complexity index is 768. The van der Waals surface area contributed by atoms with Crippen molar-refractivity contribution in [2.75, 3.05) is 50.6 Å². The van der Waals surface area contributed by atoms with E-state index in [0.29, 0.717) is 11.3 Å². The SMILES string of the molecule is COC(=O)c1ccc(NC(=O)c2ccc(N3CCN(C)CC3)nn2)cc1. The predicted molar refractivity (Wildman–Crippen MR) is 97.5 cm³/mol. The summed E-state index contributed by atoms with van der Waals surface area (Å²) < 4.78 is 4.64. The van der Waals surface area contributed by atoms with Crippen molar-refractivity contribution in [3.8, 4) is 0 Å². The summed E-state index contributed by atoms with van der Waals surface area (Å²) >= 11 is 0. The summed E-state index contributed by atoms with van der Waals surface area (Å²) in [4.78, 5) is 28.1. The minimum atomic E-state index is -0.423.